The lowest BCUT2D eigenvalue weighted by atomic mass is 9.87. The standard InChI is InChI=1S/2C28H28N.2C23H18N/c1-18-14-24-21-10-6-8-20-9-7-11-22(27(20)21)25(24)16-23(18)26-15-19(12-13-29(26)5)17-28(2,3)4;1-18-21(25-16-19(14-15-29(25)5)17-28(2,3)4)12-13-23-22-10-6-8-20-9-7-11-24(26(18)23)27(20)22;1-15-7-3-4-10-17(15)22-13-20-18-11-5-8-16-9-6-12-19(23(16)18)21(20)14-24(22)2;1-15-7-3-4-10-17(15)23-22-19(13-14-24(23)2)18-11-5-8-16-9-6-12-20(22)21(16)18/h2*6-16H,17H2,1-5H3;2*3-14H,1-2H3/q4*+1/i2*17D2;;. The van der Waals surface area contributed by atoms with E-state index >= 15 is 0 Å². The highest BCUT2D eigenvalue weighted by Gasteiger charge is 2.33. The smallest absolute Gasteiger partial charge is 0.201 e. The lowest BCUT2D eigenvalue weighted by Crippen LogP contribution is -2.31. The van der Waals surface area contributed by atoms with Gasteiger partial charge in [-0.05, 0) is 225 Å². The fourth-order valence-electron chi connectivity index (χ4n) is 17.3. The van der Waals surface area contributed by atoms with E-state index in [9.17, 15) is 0 Å². The Labute approximate surface area is 631 Å². The van der Waals surface area contributed by atoms with Gasteiger partial charge in [0.1, 0.15) is 28.2 Å². The molecule has 0 saturated carbocycles. The van der Waals surface area contributed by atoms with Crippen LogP contribution in [-0.4, -0.2) is 0 Å². The van der Waals surface area contributed by atoms with Crippen molar-refractivity contribution in [1.82, 2.24) is 0 Å². The van der Waals surface area contributed by atoms with Crippen LogP contribution in [0.1, 0.15) is 80.4 Å². The Balaban J connectivity index is 0.000000108. The Bertz CT molecular complexity index is 6430. The number of pyridine rings is 4. The summed E-state index contributed by atoms with van der Waals surface area (Å²) in [6.07, 6.45) is 5.58. The highest BCUT2D eigenvalue weighted by Crippen LogP contribution is 2.54. The average Bonchev–Trinajstić information content (AvgIpc) is 1.58. The number of benzene rings is 12. The molecular weight excluding hydrogens is 1280 g/mol. The number of nitrogens with zero attached hydrogens (tertiary/aromatic N) is 4. The third-order valence-corrected chi connectivity index (χ3v) is 22.0. The van der Waals surface area contributed by atoms with Crippen LogP contribution in [-0.2, 0) is 40.9 Å². The summed E-state index contributed by atoms with van der Waals surface area (Å²) >= 11 is 0. The minimum absolute atomic E-state index is 0.492. The molecule has 516 valence electrons. The van der Waals surface area contributed by atoms with Crippen molar-refractivity contribution in [1.29, 1.82) is 0 Å². The minimum atomic E-state index is -1.43. The molecule has 0 saturated heterocycles. The molecule has 4 aliphatic rings. The number of hydrogen-bond acceptors (Lipinski definition) is 0. The van der Waals surface area contributed by atoms with Crippen molar-refractivity contribution in [2.45, 2.75) is 82.0 Å². The zero-order valence-electron chi connectivity index (χ0n) is 67.3. The second-order valence-corrected chi connectivity index (χ2v) is 31.6. The van der Waals surface area contributed by atoms with Crippen molar-refractivity contribution >= 4 is 43.1 Å². The molecule has 0 N–H and O–H groups in total. The zero-order valence-corrected chi connectivity index (χ0v) is 63.3. The molecule has 0 fully saturated rings. The van der Waals surface area contributed by atoms with E-state index in [1.54, 1.807) is 0 Å². The van der Waals surface area contributed by atoms with E-state index in [1.165, 1.54) is 177 Å². The van der Waals surface area contributed by atoms with Crippen molar-refractivity contribution < 1.29 is 23.8 Å². The van der Waals surface area contributed by atoms with Crippen molar-refractivity contribution in [3.63, 3.8) is 0 Å². The van der Waals surface area contributed by atoms with Crippen molar-refractivity contribution in [2.75, 3.05) is 0 Å². The molecule has 4 nitrogen and oxygen atoms in total. The SMILES string of the molecule is Cc1ccccc1-c1c2c(cc[n+]1C)-c1cccc3cccc-2c13.Cc1ccccc1-c1cc2c(c[n+]1C)-c1cccc3cccc-2c13.[2H]C([2H])(c1cc[n+](C)c(-c2cc3c(cc2C)-c2cccc4cccc-3c24)c1)C(C)(C)C.[2H]C([2H])(c1cc[n+](C)c(-c2ccc3c(c2C)-c2cccc4cccc-3c24)c1)C(C)(C)C. The van der Waals surface area contributed by atoms with Gasteiger partial charge in [0.15, 0.2) is 24.8 Å². The van der Waals surface area contributed by atoms with Crippen LogP contribution in [0.5, 0.6) is 0 Å². The Morgan fingerprint density at radius 3 is 1.10 bits per heavy atom. The maximum Gasteiger partial charge on any atom is 0.221 e. The third-order valence-electron chi connectivity index (χ3n) is 22.0. The quantitative estimate of drug-likeness (QED) is 0.148. The Kier molecular flexibility index (Phi) is 15.5. The van der Waals surface area contributed by atoms with Crippen LogP contribution in [0.25, 0.3) is 177 Å². The summed E-state index contributed by atoms with van der Waals surface area (Å²) in [5.41, 5.74) is 36.2. The Morgan fingerprint density at radius 2 is 0.623 bits per heavy atom. The van der Waals surface area contributed by atoms with E-state index < -0.39 is 23.6 Å². The maximum atomic E-state index is 8.75. The predicted molar refractivity (Wildman–Crippen MR) is 445 cm³/mol. The summed E-state index contributed by atoms with van der Waals surface area (Å²) in [4.78, 5) is 0. The first kappa shape index (κ1) is 62.8. The first-order valence-electron chi connectivity index (χ1n) is 39.3. The molecule has 4 heteroatoms. The highest BCUT2D eigenvalue weighted by atomic mass is 14.9. The van der Waals surface area contributed by atoms with Crippen LogP contribution in [0.4, 0.5) is 0 Å². The van der Waals surface area contributed by atoms with Crippen LogP contribution < -0.4 is 18.3 Å². The van der Waals surface area contributed by atoms with Crippen LogP contribution in [0, 0.1) is 38.5 Å². The minimum Gasteiger partial charge on any atom is -0.201 e. The first-order valence-corrected chi connectivity index (χ1v) is 37.3. The number of aromatic nitrogens is 4. The van der Waals surface area contributed by atoms with E-state index in [0.717, 1.165) is 33.6 Å². The lowest BCUT2D eigenvalue weighted by Gasteiger charge is -2.18. The average molecular weight is 1380 g/mol. The highest BCUT2D eigenvalue weighted by molar-refractivity contribution is 6.20. The second-order valence-electron chi connectivity index (χ2n) is 31.6. The first-order chi connectivity index (χ1) is 52.7. The van der Waals surface area contributed by atoms with Crippen molar-refractivity contribution in [3.05, 3.63) is 313 Å². The molecule has 106 heavy (non-hydrogen) atoms. The summed E-state index contributed by atoms with van der Waals surface area (Å²) in [5.74, 6) is 0. The molecular formula is C102H92N4+4. The molecule has 4 aliphatic carbocycles. The number of rotatable bonds is 6. The topological polar surface area (TPSA) is 15.5 Å². The van der Waals surface area contributed by atoms with Gasteiger partial charge in [0.05, 0.1) is 11.1 Å². The molecule has 20 rings (SSSR count). The lowest BCUT2D eigenvalue weighted by molar-refractivity contribution is -0.660. The monoisotopic (exact) mass is 1380 g/mol. The fraction of sp³-hybridized carbons (Fsp3) is 0.176. The Morgan fingerprint density at radius 1 is 0.264 bits per heavy atom. The largest absolute Gasteiger partial charge is 0.221 e. The molecule has 0 radical (unpaired) electrons. The molecule has 0 spiro atoms. The summed E-state index contributed by atoms with van der Waals surface area (Å²) in [6.45, 7) is 20.5. The van der Waals surface area contributed by atoms with Gasteiger partial charge in [-0.25, -0.2) is 18.3 Å². The molecule has 0 unspecified atom stereocenters. The molecule has 0 bridgehead atoms. The molecule has 16 aromatic rings. The van der Waals surface area contributed by atoms with E-state index in [2.05, 4.69) is 303 Å². The summed E-state index contributed by atoms with van der Waals surface area (Å²) in [5, 5.41) is 10.6. The van der Waals surface area contributed by atoms with Gasteiger partial charge < -0.3 is 0 Å². The van der Waals surface area contributed by atoms with E-state index in [1.807, 2.05) is 92.3 Å². The van der Waals surface area contributed by atoms with Gasteiger partial charge in [-0.3, -0.25) is 0 Å². The summed E-state index contributed by atoms with van der Waals surface area (Å²) in [6, 6.07) is 91.4. The van der Waals surface area contributed by atoms with Gasteiger partial charge in [0.25, 0.3) is 0 Å². The van der Waals surface area contributed by atoms with Gasteiger partial charge in [0.2, 0.25) is 22.8 Å². The van der Waals surface area contributed by atoms with E-state index in [4.69, 9.17) is 5.48 Å². The fourth-order valence-corrected chi connectivity index (χ4v) is 17.3. The third kappa shape index (κ3) is 11.7. The Hall–Kier alpha value is -11.7. The summed E-state index contributed by atoms with van der Waals surface area (Å²) < 4.78 is 43.7. The maximum absolute atomic E-state index is 8.75. The van der Waals surface area contributed by atoms with Gasteiger partial charge in [0, 0.05) is 75.3 Å². The van der Waals surface area contributed by atoms with Gasteiger partial charge in [-0.1, -0.05) is 230 Å². The second kappa shape index (κ2) is 26.2. The van der Waals surface area contributed by atoms with Crippen LogP contribution >= 0.6 is 0 Å². The molecule has 0 aliphatic heterocycles. The molecule has 12 aromatic carbocycles. The van der Waals surface area contributed by atoms with Crippen LogP contribution in [0.2, 0.25) is 0 Å². The number of hydrogen-bond donors (Lipinski definition) is 0. The summed E-state index contributed by atoms with van der Waals surface area (Å²) in [7, 11) is 8.36. The normalized spacial score (nSPS) is 13.0. The molecule has 4 aromatic heterocycles. The van der Waals surface area contributed by atoms with Gasteiger partial charge >= 0.3 is 0 Å². The molecule has 0 atom stereocenters. The van der Waals surface area contributed by atoms with Gasteiger partial charge in [-0.15, -0.1) is 0 Å². The molecule has 0 amide bonds. The van der Waals surface area contributed by atoms with Crippen molar-refractivity contribution in [2.24, 2.45) is 39.0 Å². The number of fused-ring (bicyclic) bond motifs is 12. The van der Waals surface area contributed by atoms with E-state index in [0.29, 0.717) is 0 Å². The van der Waals surface area contributed by atoms with Crippen LogP contribution in [0.3, 0.4) is 0 Å². The van der Waals surface area contributed by atoms with Crippen molar-refractivity contribution in [3.8, 4) is 134 Å². The predicted octanol–water partition coefficient (Wildman–Crippen LogP) is 24.3. The molecule has 4 heterocycles. The van der Waals surface area contributed by atoms with E-state index in [-0.39, 0.29) is 0 Å². The number of aryl methyl sites for hydroxylation is 7. The van der Waals surface area contributed by atoms with Crippen LogP contribution in [0.15, 0.2) is 280 Å². The van der Waals surface area contributed by atoms with Gasteiger partial charge in [-0.2, -0.15) is 0 Å². The zero-order chi connectivity index (χ0) is 76.8.